The zero-order valence-corrected chi connectivity index (χ0v) is 10.1. The lowest BCUT2D eigenvalue weighted by Crippen LogP contribution is -2.31. The van der Waals surface area contributed by atoms with E-state index < -0.39 is 0 Å². The Morgan fingerprint density at radius 3 is 2.57 bits per heavy atom. The highest BCUT2D eigenvalue weighted by Gasteiger charge is 2.19. The number of rotatable bonds is 8. The smallest absolute Gasteiger partial charge is 0.0104 e. The van der Waals surface area contributed by atoms with Crippen molar-refractivity contribution >= 4 is 0 Å². The van der Waals surface area contributed by atoms with Gasteiger partial charge in [0.15, 0.2) is 0 Å². The van der Waals surface area contributed by atoms with Gasteiger partial charge in [0.05, 0.1) is 0 Å². The van der Waals surface area contributed by atoms with Gasteiger partial charge in [-0.15, -0.1) is 0 Å². The summed E-state index contributed by atoms with van der Waals surface area (Å²) in [5, 5.41) is 3.52. The van der Waals surface area contributed by atoms with Crippen molar-refractivity contribution in [3.8, 4) is 0 Å². The molecule has 2 nitrogen and oxygen atoms in total. The standard InChI is InChI=1S/C12H26N2/c1-11(2)6-8-14(3)9-7-13-10-12-4-5-12/h11-13H,4-10H2,1-3H3. The average molecular weight is 198 g/mol. The fraction of sp³-hybridized carbons (Fsp3) is 1.00. The number of nitrogens with zero attached hydrogens (tertiary/aromatic N) is 1. The van der Waals surface area contributed by atoms with Gasteiger partial charge in [-0.1, -0.05) is 13.8 Å². The number of nitrogens with one attached hydrogen (secondary N) is 1. The lowest BCUT2D eigenvalue weighted by atomic mass is 10.1. The van der Waals surface area contributed by atoms with E-state index in [0.29, 0.717) is 0 Å². The molecule has 1 aliphatic carbocycles. The summed E-state index contributed by atoms with van der Waals surface area (Å²) >= 11 is 0. The van der Waals surface area contributed by atoms with Gasteiger partial charge in [-0.25, -0.2) is 0 Å². The Kier molecular flexibility index (Phi) is 5.49. The van der Waals surface area contributed by atoms with E-state index in [4.69, 9.17) is 0 Å². The quantitative estimate of drug-likeness (QED) is 0.600. The Hall–Kier alpha value is -0.0800. The van der Waals surface area contributed by atoms with E-state index in [1.165, 1.54) is 38.9 Å². The highest BCUT2D eigenvalue weighted by Crippen LogP contribution is 2.27. The lowest BCUT2D eigenvalue weighted by molar-refractivity contribution is 0.308. The summed E-state index contributed by atoms with van der Waals surface area (Å²) in [6, 6.07) is 0. The monoisotopic (exact) mass is 198 g/mol. The van der Waals surface area contributed by atoms with Gasteiger partial charge < -0.3 is 10.2 Å². The molecule has 84 valence electrons. The number of hydrogen-bond donors (Lipinski definition) is 1. The molecule has 0 radical (unpaired) electrons. The molecule has 1 aliphatic rings. The van der Waals surface area contributed by atoms with Crippen molar-refractivity contribution in [3.63, 3.8) is 0 Å². The third-order valence-electron chi connectivity index (χ3n) is 2.89. The van der Waals surface area contributed by atoms with Gasteiger partial charge in [0.25, 0.3) is 0 Å². The molecular weight excluding hydrogens is 172 g/mol. The minimum Gasteiger partial charge on any atom is -0.315 e. The van der Waals surface area contributed by atoms with Crippen LogP contribution in [0.25, 0.3) is 0 Å². The first-order chi connectivity index (χ1) is 6.68. The van der Waals surface area contributed by atoms with E-state index >= 15 is 0 Å². The second-order valence-corrected chi connectivity index (χ2v) is 5.13. The van der Waals surface area contributed by atoms with Crippen LogP contribution >= 0.6 is 0 Å². The third-order valence-corrected chi connectivity index (χ3v) is 2.89. The second-order valence-electron chi connectivity index (χ2n) is 5.13. The maximum atomic E-state index is 3.52. The van der Waals surface area contributed by atoms with Gasteiger partial charge in [0.1, 0.15) is 0 Å². The second kappa shape index (κ2) is 6.41. The van der Waals surface area contributed by atoms with E-state index in [0.717, 1.165) is 18.4 Å². The largest absolute Gasteiger partial charge is 0.315 e. The van der Waals surface area contributed by atoms with Gasteiger partial charge in [-0.05, 0) is 51.2 Å². The van der Waals surface area contributed by atoms with Crippen molar-refractivity contribution in [2.45, 2.75) is 33.1 Å². The molecule has 0 spiro atoms. The molecular formula is C12H26N2. The molecule has 1 N–H and O–H groups in total. The maximum Gasteiger partial charge on any atom is 0.0104 e. The summed E-state index contributed by atoms with van der Waals surface area (Å²) in [4.78, 5) is 2.43. The molecule has 0 amide bonds. The Morgan fingerprint density at radius 2 is 2.00 bits per heavy atom. The molecule has 2 heteroatoms. The van der Waals surface area contributed by atoms with Crippen LogP contribution in [-0.2, 0) is 0 Å². The zero-order valence-electron chi connectivity index (χ0n) is 10.1. The summed E-state index contributed by atoms with van der Waals surface area (Å²) in [6.07, 6.45) is 4.23. The predicted octanol–water partition coefficient (Wildman–Crippen LogP) is 1.96. The lowest BCUT2D eigenvalue weighted by Gasteiger charge is -2.17. The van der Waals surface area contributed by atoms with Crippen molar-refractivity contribution < 1.29 is 0 Å². The summed E-state index contributed by atoms with van der Waals surface area (Å²) in [5.74, 6) is 1.84. The summed E-state index contributed by atoms with van der Waals surface area (Å²) in [5.41, 5.74) is 0. The van der Waals surface area contributed by atoms with Crippen molar-refractivity contribution in [3.05, 3.63) is 0 Å². The van der Waals surface area contributed by atoms with Gasteiger partial charge >= 0.3 is 0 Å². The first kappa shape index (κ1) is 12.0. The molecule has 1 fully saturated rings. The van der Waals surface area contributed by atoms with E-state index in [-0.39, 0.29) is 0 Å². The fourth-order valence-corrected chi connectivity index (χ4v) is 1.49. The topological polar surface area (TPSA) is 15.3 Å². The van der Waals surface area contributed by atoms with Gasteiger partial charge in [-0.3, -0.25) is 0 Å². The highest BCUT2D eigenvalue weighted by atomic mass is 15.1. The number of likely N-dealkylation sites (N-methyl/N-ethyl adjacent to an activating group) is 1. The van der Waals surface area contributed by atoms with Crippen molar-refractivity contribution in [1.29, 1.82) is 0 Å². The molecule has 1 saturated carbocycles. The van der Waals surface area contributed by atoms with Crippen LogP contribution in [0, 0.1) is 11.8 Å². The van der Waals surface area contributed by atoms with Crippen molar-refractivity contribution in [2.75, 3.05) is 33.2 Å². The van der Waals surface area contributed by atoms with Crippen LogP contribution in [0.4, 0.5) is 0 Å². The Morgan fingerprint density at radius 1 is 1.29 bits per heavy atom. The normalized spacial score (nSPS) is 16.9. The molecule has 14 heavy (non-hydrogen) atoms. The zero-order chi connectivity index (χ0) is 10.4. The minimum absolute atomic E-state index is 0.830. The first-order valence-corrected chi connectivity index (χ1v) is 6.07. The van der Waals surface area contributed by atoms with E-state index in [9.17, 15) is 0 Å². The Labute approximate surface area is 89.1 Å². The van der Waals surface area contributed by atoms with Gasteiger partial charge in [0, 0.05) is 13.1 Å². The fourth-order valence-electron chi connectivity index (χ4n) is 1.49. The van der Waals surface area contributed by atoms with Crippen LogP contribution in [0.15, 0.2) is 0 Å². The van der Waals surface area contributed by atoms with E-state index in [1.54, 1.807) is 0 Å². The van der Waals surface area contributed by atoms with E-state index in [2.05, 4.69) is 31.1 Å². The Bertz CT molecular complexity index is 141. The summed E-state index contributed by atoms with van der Waals surface area (Å²) in [7, 11) is 2.22. The minimum atomic E-state index is 0.830. The summed E-state index contributed by atoms with van der Waals surface area (Å²) < 4.78 is 0. The summed E-state index contributed by atoms with van der Waals surface area (Å²) in [6.45, 7) is 9.42. The molecule has 0 saturated heterocycles. The van der Waals surface area contributed by atoms with Crippen LogP contribution in [0.2, 0.25) is 0 Å². The van der Waals surface area contributed by atoms with Crippen LogP contribution in [0.1, 0.15) is 33.1 Å². The SMILES string of the molecule is CC(C)CCN(C)CCNCC1CC1. The van der Waals surface area contributed by atoms with Crippen LogP contribution < -0.4 is 5.32 Å². The molecule has 0 aromatic heterocycles. The molecule has 0 aliphatic heterocycles. The Balaban J connectivity index is 1.83. The van der Waals surface area contributed by atoms with Crippen LogP contribution in [0.5, 0.6) is 0 Å². The molecule has 0 heterocycles. The first-order valence-electron chi connectivity index (χ1n) is 6.07. The average Bonchev–Trinajstić information content (AvgIpc) is 2.92. The van der Waals surface area contributed by atoms with E-state index in [1.807, 2.05) is 0 Å². The molecule has 0 aromatic rings. The highest BCUT2D eigenvalue weighted by molar-refractivity contribution is 4.75. The van der Waals surface area contributed by atoms with Gasteiger partial charge in [0.2, 0.25) is 0 Å². The van der Waals surface area contributed by atoms with Crippen LogP contribution in [-0.4, -0.2) is 38.1 Å². The van der Waals surface area contributed by atoms with Crippen molar-refractivity contribution in [2.24, 2.45) is 11.8 Å². The number of hydrogen-bond acceptors (Lipinski definition) is 2. The van der Waals surface area contributed by atoms with Gasteiger partial charge in [-0.2, -0.15) is 0 Å². The van der Waals surface area contributed by atoms with Crippen molar-refractivity contribution in [1.82, 2.24) is 10.2 Å². The molecule has 1 rings (SSSR count). The molecule has 0 bridgehead atoms. The molecule has 0 atom stereocenters. The maximum absolute atomic E-state index is 3.52. The molecule has 0 aromatic carbocycles. The van der Waals surface area contributed by atoms with Crippen LogP contribution in [0.3, 0.4) is 0 Å². The third kappa shape index (κ3) is 6.39. The molecule has 0 unspecified atom stereocenters. The predicted molar refractivity (Wildman–Crippen MR) is 62.5 cm³/mol.